The molecule has 3 amide bonds. The van der Waals surface area contributed by atoms with Crippen molar-refractivity contribution < 1.29 is 23.9 Å². The topological polar surface area (TPSA) is 126 Å². The number of amides is 3. The third kappa shape index (κ3) is 8.13. The van der Waals surface area contributed by atoms with E-state index in [9.17, 15) is 14.4 Å². The van der Waals surface area contributed by atoms with Crippen LogP contribution in [-0.2, 0) is 11.2 Å². The zero-order valence-corrected chi connectivity index (χ0v) is 26.1. The van der Waals surface area contributed by atoms with Gasteiger partial charge < -0.3 is 35.6 Å². The van der Waals surface area contributed by atoms with Crippen LogP contribution in [0.1, 0.15) is 58.4 Å². The Kier molecular flexibility index (Phi) is 10.6. The molecule has 0 bridgehead atoms. The van der Waals surface area contributed by atoms with Gasteiger partial charge in [-0.2, -0.15) is 0 Å². The van der Waals surface area contributed by atoms with E-state index >= 15 is 0 Å². The molecular formula is C35H43N5O5. The first-order valence-corrected chi connectivity index (χ1v) is 15.6. The van der Waals surface area contributed by atoms with Crippen molar-refractivity contribution in [2.45, 2.75) is 50.6 Å². The Morgan fingerprint density at radius 2 is 1.56 bits per heavy atom. The van der Waals surface area contributed by atoms with Gasteiger partial charge in [-0.3, -0.25) is 14.4 Å². The monoisotopic (exact) mass is 613 g/mol. The van der Waals surface area contributed by atoms with E-state index < -0.39 is 0 Å². The van der Waals surface area contributed by atoms with Crippen molar-refractivity contribution in [3.63, 3.8) is 0 Å². The van der Waals surface area contributed by atoms with Crippen molar-refractivity contribution in [3.05, 3.63) is 83.4 Å². The molecule has 0 unspecified atom stereocenters. The number of carbonyl (C=O) groups excluding carboxylic acids is 3. The van der Waals surface area contributed by atoms with Gasteiger partial charge in [-0.1, -0.05) is 30.3 Å². The number of nitrogens with two attached hydrogens (primary N) is 1. The fourth-order valence-corrected chi connectivity index (χ4v) is 6.07. The van der Waals surface area contributed by atoms with Crippen LogP contribution < -0.4 is 30.7 Å². The van der Waals surface area contributed by atoms with E-state index in [0.29, 0.717) is 54.5 Å². The fourth-order valence-electron chi connectivity index (χ4n) is 6.07. The summed E-state index contributed by atoms with van der Waals surface area (Å²) in [4.78, 5) is 43.9. The van der Waals surface area contributed by atoms with E-state index in [0.717, 1.165) is 43.4 Å². The second-order valence-corrected chi connectivity index (χ2v) is 11.7. The molecule has 1 aliphatic carbocycles. The molecule has 1 aliphatic heterocycles. The number of hydrogen-bond donors (Lipinski definition) is 3. The highest BCUT2D eigenvalue weighted by Crippen LogP contribution is 2.31. The molecule has 2 fully saturated rings. The summed E-state index contributed by atoms with van der Waals surface area (Å²) < 4.78 is 10.7. The predicted octanol–water partition coefficient (Wildman–Crippen LogP) is 4.24. The van der Waals surface area contributed by atoms with Crippen LogP contribution in [0.2, 0.25) is 0 Å². The Morgan fingerprint density at radius 1 is 0.822 bits per heavy atom. The summed E-state index contributed by atoms with van der Waals surface area (Å²) in [6, 6.07) is 20.5. The van der Waals surface area contributed by atoms with Crippen LogP contribution >= 0.6 is 0 Å². The van der Waals surface area contributed by atoms with Gasteiger partial charge in [0.05, 0.1) is 32.0 Å². The maximum absolute atomic E-state index is 13.5. The molecule has 10 heteroatoms. The molecule has 1 heterocycles. The van der Waals surface area contributed by atoms with Crippen molar-refractivity contribution in [2.24, 2.45) is 5.73 Å². The quantitative estimate of drug-likeness (QED) is 0.330. The Hall–Kier alpha value is -4.57. The van der Waals surface area contributed by atoms with Crippen LogP contribution in [0.15, 0.2) is 66.7 Å². The molecule has 0 atom stereocenters. The van der Waals surface area contributed by atoms with Gasteiger partial charge in [0, 0.05) is 49.4 Å². The lowest BCUT2D eigenvalue weighted by Crippen LogP contribution is -2.40. The molecule has 0 aromatic heterocycles. The number of benzene rings is 3. The lowest BCUT2D eigenvalue weighted by atomic mass is 9.91. The van der Waals surface area contributed by atoms with Crippen LogP contribution in [-0.4, -0.2) is 75.1 Å². The van der Waals surface area contributed by atoms with E-state index in [1.807, 2.05) is 47.4 Å². The highest BCUT2D eigenvalue weighted by atomic mass is 16.5. The van der Waals surface area contributed by atoms with Gasteiger partial charge in [-0.05, 0) is 74.1 Å². The molecule has 0 spiro atoms. The zero-order chi connectivity index (χ0) is 31.8. The summed E-state index contributed by atoms with van der Waals surface area (Å²) in [5.74, 6) is 0.666. The summed E-state index contributed by atoms with van der Waals surface area (Å²) in [6.07, 6.45) is 4.46. The predicted molar refractivity (Wildman–Crippen MR) is 175 cm³/mol. The number of rotatable bonds is 9. The molecule has 3 aromatic carbocycles. The Labute approximate surface area is 264 Å². The van der Waals surface area contributed by atoms with Crippen LogP contribution in [0.3, 0.4) is 0 Å². The Bertz CT molecular complexity index is 1490. The lowest BCUT2D eigenvalue weighted by molar-refractivity contribution is -0.115. The summed E-state index contributed by atoms with van der Waals surface area (Å²) in [6.45, 7) is 2.33. The SMILES string of the molecule is COc1ccc(C(=O)N2CCCN(c3ccc(C(=O)NC4CCC(N)CC4)cc3NC(=O)Cc3ccccc3)CC2)cc1OC. The van der Waals surface area contributed by atoms with Gasteiger partial charge in [-0.15, -0.1) is 0 Å². The molecule has 5 rings (SSSR count). The second-order valence-electron chi connectivity index (χ2n) is 11.7. The van der Waals surface area contributed by atoms with Crippen LogP contribution in [0.4, 0.5) is 11.4 Å². The normalized spacial score (nSPS) is 18.5. The molecule has 0 radical (unpaired) electrons. The minimum atomic E-state index is -0.165. The average Bonchev–Trinajstić information content (AvgIpc) is 3.32. The first-order valence-electron chi connectivity index (χ1n) is 15.6. The number of carbonyl (C=O) groups is 3. The van der Waals surface area contributed by atoms with Crippen molar-refractivity contribution >= 4 is 29.1 Å². The number of anilines is 2. The maximum Gasteiger partial charge on any atom is 0.254 e. The first kappa shape index (κ1) is 31.8. The van der Waals surface area contributed by atoms with Gasteiger partial charge >= 0.3 is 0 Å². The second kappa shape index (κ2) is 14.9. The van der Waals surface area contributed by atoms with E-state index in [1.54, 1.807) is 38.5 Å². The van der Waals surface area contributed by atoms with Gasteiger partial charge in [-0.25, -0.2) is 0 Å². The van der Waals surface area contributed by atoms with E-state index in [-0.39, 0.29) is 36.2 Å². The Balaban J connectivity index is 1.33. The lowest BCUT2D eigenvalue weighted by Gasteiger charge is -2.28. The minimum Gasteiger partial charge on any atom is -0.493 e. The zero-order valence-electron chi connectivity index (χ0n) is 26.1. The number of nitrogens with zero attached hydrogens (tertiary/aromatic N) is 2. The third-order valence-electron chi connectivity index (χ3n) is 8.60. The molecule has 1 saturated carbocycles. The molecule has 4 N–H and O–H groups in total. The molecule has 45 heavy (non-hydrogen) atoms. The van der Waals surface area contributed by atoms with E-state index in [2.05, 4.69) is 15.5 Å². The maximum atomic E-state index is 13.5. The van der Waals surface area contributed by atoms with Crippen molar-refractivity contribution in [1.82, 2.24) is 10.2 Å². The summed E-state index contributed by atoms with van der Waals surface area (Å²) in [5.41, 5.74) is 9.37. The average molecular weight is 614 g/mol. The van der Waals surface area contributed by atoms with E-state index in [4.69, 9.17) is 15.2 Å². The van der Waals surface area contributed by atoms with Gasteiger partial charge in [0.25, 0.3) is 11.8 Å². The van der Waals surface area contributed by atoms with Crippen LogP contribution in [0.5, 0.6) is 11.5 Å². The van der Waals surface area contributed by atoms with Gasteiger partial charge in [0.2, 0.25) is 5.91 Å². The number of ether oxygens (including phenoxy) is 2. The van der Waals surface area contributed by atoms with Crippen molar-refractivity contribution in [2.75, 3.05) is 50.6 Å². The highest BCUT2D eigenvalue weighted by molar-refractivity contribution is 6.00. The standard InChI is InChI=1S/C35H43N5O5/c1-44-31-16-10-26(23-32(31)45-2)35(43)40-18-6-17-39(19-20-40)30-15-9-25(34(42)37-28-13-11-27(36)12-14-28)22-29(30)38-33(41)21-24-7-4-3-5-8-24/h3-5,7-10,15-16,22-23,27-28H,6,11-14,17-21,36H2,1-2H3,(H,37,42)(H,38,41). The fraction of sp³-hybridized carbons (Fsp3) is 0.400. The first-order chi connectivity index (χ1) is 21.8. The molecular weight excluding hydrogens is 570 g/mol. The van der Waals surface area contributed by atoms with Gasteiger partial charge in [0.15, 0.2) is 11.5 Å². The molecule has 10 nitrogen and oxygen atoms in total. The molecule has 2 aliphatic rings. The number of methoxy groups -OCH3 is 2. The molecule has 3 aromatic rings. The number of hydrogen-bond acceptors (Lipinski definition) is 7. The van der Waals surface area contributed by atoms with Crippen LogP contribution in [0.25, 0.3) is 0 Å². The van der Waals surface area contributed by atoms with Crippen molar-refractivity contribution in [3.8, 4) is 11.5 Å². The molecule has 1 saturated heterocycles. The largest absolute Gasteiger partial charge is 0.493 e. The smallest absolute Gasteiger partial charge is 0.254 e. The van der Waals surface area contributed by atoms with E-state index in [1.165, 1.54) is 0 Å². The highest BCUT2D eigenvalue weighted by Gasteiger charge is 2.25. The third-order valence-corrected chi connectivity index (χ3v) is 8.60. The van der Waals surface area contributed by atoms with Crippen LogP contribution in [0, 0.1) is 0 Å². The van der Waals surface area contributed by atoms with Crippen molar-refractivity contribution in [1.29, 1.82) is 0 Å². The Morgan fingerprint density at radius 3 is 2.29 bits per heavy atom. The summed E-state index contributed by atoms with van der Waals surface area (Å²) in [7, 11) is 3.11. The summed E-state index contributed by atoms with van der Waals surface area (Å²) >= 11 is 0. The van der Waals surface area contributed by atoms with Gasteiger partial charge in [0.1, 0.15) is 0 Å². The summed E-state index contributed by atoms with van der Waals surface area (Å²) in [5, 5.41) is 6.23. The number of nitrogens with one attached hydrogen (secondary N) is 2. The minimum absolute atomic E-state index is 0.0788. The molecule has 238 valence electrons.